The van der Waals surface area contributed by atoms with Crippen LogP contribution in [0.3, 0.4) is 0 Å². The number of sulfonamides is 1. The summed E-state index contributed by atoms with van der Waals surface area (Å²) in [4.78, 5) is 22.6. The molecule has 0 atom stereocenters. The number of carbonyl (C=O) groups excluding carboxylic acids is 1. The lowest BCUT2D eigenvalue weighted by Gasteiger charge is -2.48. The molecule has 1 aliphatic heterocycles. The highest BCUT2D eigenvalue weighted by molar-refractivity contribution is 7.88. The van der Waals surface area contributed by atoms with Crippen molar-refractivity contribution in [2.24, 2.45) is 0 Å². The summed E-state index contributed by atoms with van der Waals surface area (Å²) in [6.07, 6.45) is 5.66. The number of fused-ring (bicyclic) bond motifs is 1. The average Bonchev–Trinajstić information content (AvgIpc) is 3.32. The molecule has 164 valence electrons. The molecule has 0 bridgehead atoms. The minimum atomic E-state index is -3.42. The van der Waals surface area contributed by atoms with E-state index < -0.39 is 21.5 Å². The van der Waals surface area contributed by atoms with E-state index in [0.717, 1.165) is 6.26 Å². The van der Waals surface area contributed by atoms with E-state index in [1.165, 1.54) is 15.7 Å². The predicted molar refractivity (Wildman–Crippen MR) is 109 cm³/mol. The van der Waals surface area contributed by atoms with E-state index in [1.54, 1.807) is 29.2 Å². The van der Waals surface area contributed by atoms with Gasteiger partial charge in [-0.2, -0.15) is 25.1 Å². The second kappa shape index (κ2) is 7.97. The van der Waals surface area contributed by atoms with Crippen LogP contribution in [0.5, 0.6) is 0 Å². The molecule has 14 nitrogen and oxygen atoms in total. The van der Waals surface area contributed by atoms with Crippen molar-refractivity contribution >= 4 is 27.5 Å². The van der Waals surface area contributed by atoms with E-state index in [4.69, 9.17) is 5.26 Å². The molecular weight excluding hydrogens is 438 g/mol. The summed E-state index contributed by atoms with van der Waals surface area (Å²) in [5, 5.41) is 30.5. The molecule has 1 aliphatic rings. The summed E-state index contributed by atoms with van der Waals surface area (Å²) in [7, 11) is -3.42. The van der Waals surface area contributed by atoms with Gasteiger partial charge in [0.15, 0.2) is 11.5 Å². The number of hydrogen-bond donors (Lipinski definition) is 2. The number of carbonyl (C=O) groups is 1. The molecule has 0 aromatic carbocycles. The molecule has 1 amide bonds. The summed E-state index contributed by atoms with van der Waals surface area (Å²) in [6, 6.07) is 5.49. The Kier molecular flexibility index (Phi) is 5.31. The lowest BCUT2D eigenvalue weighted by Crippen LogP contribution is -2.67. The van der Waals surface area contributed by atoms with Crippen molar-refractivity contribution in [3.63, 3.8) is 0 Å². The Bertz CT molecular complexity index is 1370. The molecule has 4 rings (SSSR count). The summed E-state index contributed by atoms with van der Waals surface area (Å²) in [5.41, 5.74) is 0.313. The van der Waals surface area contributed by atoms with Crippen molar-refractivity contribution in [3.8, 4) is 23.5 Å². The van der Waals surface area contributed by atoms with Crippen molar-refractivity contribution < 1.29 is 13.2 Å². The number of nitrogens with one attached hydrogen (secondary N) is 2. The molecule has 1 saturated heterocycles. The van der Waals surface area contributed by atoms with Crippen molar-refractivity contribution in [1.29, 1.82) is 10.5 Å². The molecule has 0 spiro atoms. The first kappa shape index (κ1) is 21.3. The number of hydrogen-bond acceptors (Lipinski definition) is 10. The van der Waals surface area contributed by atoms with Crippen LogP contribution in [0.25, 0.3) is 17.0 Å². The Hall–Kier alpha value is -3.92. The molecule has 15 heteroatoms. The third-order valence-corrected chi connectivity index (χ3v) is 5.33. The van der Waals surface area contributed by atoms with Crippen LogP contribution in [-0.2, 0) is 20.4 Å². The van der Waals surface area contributed by atoms with E-state index >= 15 is 0 Å². The summed E-state index contributed by atoms with van der Waals surface area (Å²) >= 11 is 0. The van der Waals surface area contributed by atoms with E-state index in [1.807, 2.05) is 0 Å². The molecule has 0 radical (unpaired) electrons. The molecule has 32 heavy (non-hydrogen) atoms. The van der Waals surface area contributed by atoms with Crippen LogP contribution < -0.4 is 10.1 Å². The number of nitriles is 2. The largest absolute Gasteiger partial charge is 0.292 e. The van der Waals surface area contributed by atoms with Crippen LogP contribution >= 0.6 is 0 Å². The van der Waals surface area contributed by atoms with Crippen molar-refractivity contribution in [1.82, 2.24) is 39.2 Å². The minimum Gasteiger partial charge on any atom is -0.292 e. The highest BCUT2D eigenvalue weighted by Gasteiger charge is 2.46. The number of hydrazine groups is 1. The Morgan fingerprint density at radius 3 is 2.78 bits per heavy atom. The van der Waals surface area contributed by atoms with Gasteiger partial charge in [0.05, 0.1) is 36.6 Å². The highest BCUT2D eigenvalue weighted by atomic mass is 32.2. The average molecular weight is 455 g/mol. The van der Waals surface area contributed by atoms with Crippen molar-refractivity contribution in [3.05, 3.63) is 24.7 Å². The van der Waals surface area contributed by atoms with Gasteiger partial charge in [-0.05, 0) is 0 Å². The van der Waals surface area contributed by atoms with Gasteiger partial charge in [0.25, 0.3) is 0 Å². The van der Waals surface area contributed by atoms with Gasteiger partial charge in [-0.1, -0.05) is 0 Å². The van der Waals surface area contributed by atoms with E-state index in [-0.39, 0.29) is 31.9 Å². The van der Waals surface area contributed by atoms with Gasteiger partial charge >= 0.3 is 0 Å². The van der Waals surface area contributed by atoms with Crippen LogP contribution in [0.15, 0.2) is 24.7 Å². The molecule has 3 aromatic rings. The molecular formula is C17H17N11O3S. The second-order valence-electron chi connectivity index (χ2n) is 7.31. The van der Waals surface area contributed by atoms with Gasteiger partial charge in [0, 0.05) is 31.5 Å². The molecule has 3 aromatic heterocycles. The fourth-order valence-corrected chi connectivity index (χ4v) is 4.05. The molecule has 0 aliphatic carbocycles. The Morgan fingerprint density at radius 2 is 2.09 bits per heavy atom. The van der Waals surface area contributed by atoms with Gasteiger partial charge in [-0.15, -0.1) is 9.93 Å². The van der Waals surface area contributed by atoms with Crippen LogP contribution in [0, 0.1) is 22.7 Å². The highest BCUT2D eigenvalue weighted by Crippen LogP contribution is 2.32. The summed E-state index contributed by atoms with van der Waals surface area (Å²) in [5.74, 6) is -0.0877. The normalized spacial score (nSPS) is 15.6. The molecule has 2 N–H and O–H groups in total. The zero-order chi connectivity index (χ0) is 22.9. The standard InChI is InChI=1S/C17H17N11O3S/c1-32(30,31)25-26-10-17(11-26,4-6-19)27-9-12(8-21-27)15-20-7-3-13-22-16(24-28(13)15)23-14(29)2-5-18/h3,7-9,25H,2,4,10-11H2,1H3,(H,23,24,29). The first-order valence-corrected chi connectivity index (χ1v) is 11.2. The van der Waals surface area contributed by atoms with Crippen molar-refractivity contribution in [2.75, 3.05) is 24.7 Å². The Morgan fingerprint density at radius 1 is 1.31 bits per heavy atom. The maximum atomic E-state index is 11.6. The quantitative estimate of drug-likeness (QED) is 0.458. The first-order chi connectivity index (χ1) is 15.2. The van der Waals surface area contributed by atoms with Crippen molar-refractivity contribution in [2.45, 2.75) is 18.4 Å². The van der Waals surface area contributed by atoms with Crippen LogP contribution in [0.2, 0.25) is 0 Å². The fourth-order valence-electron chi connectivity index (χ4n) is 3.45. The van der Waals surface area contributed by atoms with Crippen LogP contribution in [0.4, 0.5) is 5.95 Å². The molecule has 4 heterocycles. The maximum Gasteiger partial charge on any atom is 0.249 e. The second-order valence-corrected chi connectivity index (χ2v) is 9.04. The summed E-state index contributed by atoms with van der Waals surface area (Å²) < 4.78 is 26.0. The molecule has 0 unspecified atom stereocenters. The number of amides is 1. The van der Waals surface area contributed by atoms with Gasteiger partial charge in [-0.3, -0.25) is 14.8 Å². The predicted octanol–water partition coefficient (Wildman–Crippen LogP) is -0.771. The Labute approximate surface area is 182 Å². The number of aromatic nitrogens is 6. The number of anilines is 1. The maximum absolute atomic E-state index is 11.6. The lowest BCUT2D eigenvalue weighted by molar-refractivity contribution is -0.115. The third kappa shape index (κ3) is 4.12. The topological polar surface area (TPSA) is 187 Å². The third-order valence-electron chi connectivity index (χ3n) is 4.74. The van der Waals surface area contributed by atoms with Gasteiger partial charge in [0.2, 0.25) is 21.9 Å². The first-order valence-electron chi connectivity index (χ1n) is 9.26. The molecule has 0 saturated carbocycles. The Balaban J connectivity index is 1.62. The van der Waals surface area contributed by atoms with Gasteiger partial charge in [-0.25, -0.2) is 18.4 Å². The van der Waals surface area contributed by atoms with Crippen LogP contribution in [-0.4, -0.2) is 68.0 Å². The summed E-state index contributed by atoms with van der Waals surface area (Å²) in [6.45, 7) is 0.537. The van der Waals surface area contributed by atoms with Crippen LogP contribution in [0.1, 0.15) is 12.8 Å². The monoisotopic (exact) mass is 455 g/mol. The van der Waals surface area contributed by atoms with E-state index in [0.29, 0.717) is 17.0 Å². The SMILES string of the molecule is CS(=O)(=O)NN1CC(CC#N)(n2cc(-c3nccc4nc(NC(=O)CC#N)nn34)cn2)C1. The van der Waals surface area contributed by atoms with E-state index in [2.05, 4.69) is 36.4 Å². The number of nitrogens with zero attached hydrogens (tertiary/aromatic N) is 9. The zero-order valence-electron chi connectivity index (χ0n) is 16.8. The molecule has 1 fully saturated rings. The van der Waals surface area contributed by atoms with Gasteiger partial charge < -0.3 is 0 Å². The fraction of sp³-hybridized carbons (Fsp3) is 0.353. The lowest BCUT2D eigenvalue weighted by atomic mass is 9.88. The number of rotatable bonds is 7. The van der Waals surface area contributed by atoms with Gasteiger partial charge in [0.1, 0.15) is 12.0 Å². The smallest absolute Gasteiger partial charge is 0.249 e. The minimum absolute atomic E-state index is 0.0364. The van der Waals surface area contributed by atoms with E-state index in [9.17, 15) is 18.5 Å². The zero-order valence-corrected chi connectivity index (χ0v) is 17.6.